The molecular formula is C14H22N2O4S. The first-order chi connectivity index (χ1) is 10.1. The highest BCUT2D eigenvalue weighted by atomic mass is 32.2. The maximum absolute atomic E-state index is 12.4. The zero-order valence-corrected chi connectivity index (χ0v) is 13.1. The molecule has 6 nitrogen and oxygen atoms in total. The van der Waals surface area contributed by atoms with E-state index in [1.807, 2.05) is 6.92 Å². The molecule has 1 saturated heterocycles. The summed E-state index contributed by atoms with van der Waals surface area (Å²) in [5, 5.41) is 3.14. The number of benzene rings is 1. The molecule has 0 atom stereocenters. The van der Waals surface area contributed by atoms with Gasteiger partial charge in [0.15, 0.2) is 0 Å². The third-order valence-electron chi connectivity index (χ3n) is 3.24. The second-order valence-electron chi connectivity index (χ2n) is 4.67. The molecule has 0 saturated carbocycles. The van der Waals surface area contributed by atoms with Crippen molar-refractivity contribution < 1.29 is 17.9 Å². The number of hydrogen-bond acceptors (Lipinski definition) is 5. The maximum Gasteiger partial charge on any atom is 0.243 e. The van der Waals surface area contributed by atoms with E-state index in [9.17, 15) is 8.42 Å². The predicted molar refractivity (Wildman–Crippen MR) is 80.1 cm³/mol. The Labute approximate surface area is 126 Å². The van der Waals surface area contributed by atoms with Crippen molar-refractivity contribution in [3.8, 4) is 5.75 Å². The highest BCUT2D eigenvalue weighted by Crippen LogP contribution is 2.19. The summed E-state index contributed by atoms with van der Waals surface area (Å²) in [6.07, 6.45) is 0. The first-order valence-corrected chi connectivity index (χ1v) is 8.60. The van der Waals surface area contributed by atoms with E-state index in [-0.39, 0.29) is 0 Å². The van der Waals surface area contributed by atoms with Crippen LogP contribution in [0.25, 0.3) is 0 Å². The van der Waals surface area contributed by atoms with Gasteiger partial charge in [-0.05, 0) is 31.2 Å². The Bertz CT molecular complexity index is 524. The summed E-state index contributed by atoms with van der Waals surface area (Å²) in [6.45, 7) is 5.97. The molecule has 1 heterocycles. The van der Waals surface area contributed by atoms with E-state index in [1.165, 1.54) is 4.31 Å². The molecule has 0 spiro atoms. The highest BCUT2D eigenvalue weighted by molar-refractivity contribution is 7.89. The molecule has 0 unspecified atom stereocenters. The normalized spacial score (nSPS) is 16.8. The molecule has 0 amide bonds. The summed E-state index contributed by atoms with van der Waals surface area (Å²) in [7, 11) is -3.39. The lowest BCUT2D eigenvalue weighted by molar-refractivity contribution is 0.110. The molecule has 21 heavy (non-hydrogen) atoms. The first kappa shape index (κ1) is 16.2. The molecule has 0 radical (unpaired) electrons. The predicted octanol–water partition coefficient (Wildman–Crippen LogP) is 0.696. The molecule has 1 aliphatic heterocycles. The minimum absolute atomic E-state index is 0.307. The van der Waals surface area contributed by atoms with Crippen LogP contribution in [0.15, 0.2) is 29.2 Å². The van der Waals surface area contributed by atoms with Crippen LogP contribution in [0.4, 0.5) is 0 Å². The third kappa shape index (κ3) is 4.41. The fourth-order valence-corrected chi connectivity index (χ4v) is 3.55. The Balaban J connectivity index is 1.97. The summed E-state index contributed by atoms with van der Waals surface area (Å²) >= 11 is 0. The summed E-state index contributed by atoms with van der Waals surface area (Å²) in [5.74, 6) is 0.647. The van der Waals surface area contributed by atoms with Crippen LogP contribution in [0, 0.1) is 0 Å². The van der Waals surface area contributed by atoms with Gasteiger partial charge in [-0.1, -0.05) is 0 Å². The number of piperazine rings is 1. The molecule has 118 valence electrons. The van der Waals surface area contributed by atoms with Crippen LogP contribution in [0.2, 0.25) is 0 Å². The summed E-state index contributed by atoms with van der Waals surface area (Å²) in [6, 6.07) is 6.54. The van der Waals surface area contributed by atoms with E-state index < -0.39 is 10.0 Å². The van der Waals surface area contributed by atoms with Gasteiger partial charge in [-0.3, -0.25) is 0 Å². The van der Waals surface area contributed by atoms with E-state index >= 15 is 0 Å². The van der Waals surface area contributed by atoms with Crippen LogP contribution in [0.3, 0.4) is 0 Å². The maximum atomic E-state index is 12.4. The molecule has 0 bridgehead atoms. The largest absolute Gasteiger partial charge is 0.491 e. The second-order valence-corrected chi connectivity index (χ2v) is 6.61. The van der Waals surface area contributed by atoms with Crippen molar-refractivity contribution in [2.24, 2.45) is 0 Å². The molecule has 1 aromatic rings. The number of rotatable bonds is 7. The molecule has 1 aliphatic rings. The van der Waals surface area contributed by atoms with Gasteiger partial charge in [-0.25, -0.2) is 8.42 Å². The van der Waals surface area contributed by atoms with Crippen molar-refractivity contribution in [3.05, 3.63) is 24.3 Å². The van der Waals surface area contributed by atoms with Gasteiger partial charge in [0.1, 0.15) is 12.4 Å². The van der Waals surface area contributed by atoms with Gasteiger partial charge in [-0.2, -0.15) is 4.31 Å². The fraction of sp³-hybridized carbons (Fsp3) is 0.571. The van der Waals surface area contributed by atoms with Crippen LogP contribution < -0.4 is 10.1 Å². The summed E-state index contributed by atoms with van der Waals surface area (Å²) in [4.78, 5) is 0.307. The minimum Gasteiger partial charge on any atom is -0.491 e. The molecule has 1 N–H and O–H groups in total. The van der Waals surface area contributed by atoms with Crippen molar-refractivity contribution in [3.63, 3.8) is 0 Å². The second kappa shape index (κ2) is 7.74. The number of nitrogens with zero attached hydrogens (tertiary/aromatic N) is 1. The lowest BCUT2D eigenvalue weighted by Crippen LogP contribution is -2.46. The number of hydrogen-bond donors (Lipinski definition) is 1. The molecule has 0 aromatic heterocycles. The quantitative estimate of drug-likeness (QED) is 0.750. The van der Waals surface area contributed by atoms with Gasteiger partial charge in [0.25, 0.3) is 0 Å². The van der Waals surface area contributed by atoms with Crippen molar-refractivity contribution in [2.75, 3.05) is 46.0 Å². The average molecular weight is 314 g/mol. The van der Waals surface area contributed by atoms with E-state index in [0.717, 1.165) is 0 Å². The minimum atomic E-state index is -3.39. The lowest BCUT2D eigenvalue weighted by atomic mass is 10.3. The zero-order chi connectivity index (χ0) is 15.1. The first-order valence-electron chi connectivity index (χ1n) is 7.16. The number of ether oxygens (including phenoxy) is 2. The Morgan fingerprint density at radius 3 is 2.43 bits per heavy atom. The van der Waals surface area contributed by atoms with Crippen LogP contribution >= 0.6 is 0 Å². The van der Waals surface area contributed by atoms with Gasteiger partial charge in [0.2, 0.25) is 10.0 Å². The average Bonchev–Trinajstić information content (AvgIpc) is 2.53. The standard InChI is InChI=1S/C14H22N2O4S/c1-2-19-11-12-20-13-3-5-14(6-4-13)21(17,18)16-9-7-15-8-10-16/h3-6,15H,2,7-12H2,1H3. The summed E-state index contributed by atoms with van der Waals surface area (Å²) < 4.78 is 37.0. The van der Waals surface area contributed by atoms with Crippen molar-refractivity contribution in [1.82, 2.24) is 9.62 Å². The Morgan fingerprint density at radius 1 is 1.14 bits per heavy atom. The number of sulfonamides is 1. The van der Waals surface area contributed by atoms with Gasteiger partial charge in [0.05, 0.1) is 11.5 Å². The van der Waals surface area contributed by atoms with Crippen LogP contribution in [0.1, 0.15) is 6.92 Å². The van der Waals surface area contributed by atoms with Gasteiger partial charge >= 0.3 is 0 Å². The molecule has 1 fully saturated rings. The molecule has 0 aliphatic carbocycles. The van der Waals surface area contributed by atoms with Crippen LogP contribution in [-0.2, 0) is 14.8 Å². The van der Waals surface area contributed by atoms with Crippen molar-refractivity contribution in [2.45, 2.75) is 11.8 Å². The van der Waals surface area contributed by atoms with E-state index in [0.29, 0.717) is 56.6 Å². The zero-order valence-electron chi connectivity index (χ0n) is 12.2. The number of nitrogens with one attached hydrogen (secondary N) is 1. The van der Waals surface area contributed by atoms with Crippen LogP contribution in [-0.4, -0.2) is 58.7 Å². The van der Waals surface area contributed by atoms with Crippen LogP contribution in [0.5, 0.6) is 5.75 Å². The molecule has 1 aromatic carbocycles. The van der Waals surface area contributed by atoms with Gasteiger partial charge < -0.3 is 14.8 Å². The molecular weight excluding hydrogens is 292 g/mol. The monoisotopic (exact) mass is 314 g/mol. The van der Waals surface area contributed by atoms with E-state index in [1.54, 1.807) is 24.3 Å². The highest BCUT2D eigenvalue weighted by Gasteiger charge is 2.25. The van der Waals surface area contributed by atoms with Crippen molar-refractivity contribution in [1.29, 1.82) is 0 Å². The third-order valence-corrected chi connectivity index (χ3v) is 5.15. The molecule has 7 heteroatoms. The SMILES string of the molecule is CCOCCOc1ccc(S(=O)(=O)N2CCNCC2)cc1. The molecule has 2 rings (SSSR count). The van der Waals surface area contributed by atoms with Gasteiger partial charge in [0, 0.05) is 32.8 Å². The fourth-order valence-electron chi connectivity index (χ4n) is 2.10. The van der Waals surface area contributed by atoms with Crippen molar-refractivity contribution >= 4 is 10.0 Å². The van der Waals surface area contributed by atoms with E-state index in [2.05, 4.69) is 5.32 Å². The summed E-state index contributed by atoms with van der Waals surface area (Å²) in [5.41, 5.74) is 0. The van der Waals surface area contributed by atoms with E-state index in [4.69, 9.17) is 9.47 Å². The Hall–Kier alpha value is -1.15. The Morgan fingerprint density at radius 2 is 1.81 bits per heavy atom. The lowest BCUT2D eigenvalue weighted by Gasteiger charge is -2.26. The topological polar surface area (TPSA) is 67.9 Å². The Kier molecular flexibility index (Phi) is 5.98. The smallest absolute Gasteiger partial charge is 0.243 e. The van der Waals surface area contributed by atoms with Gasteiger partial charge in [-0.15, -0.1) is 0 Å².